The van der Waals surface area contributed by atoms with Gasteiger partial charge in [0.15, 0.2) is 11.1 Å². The van der Waals surface area contributed by atoms with Crippen molar-refractivity contribution in [2.24, 2.45) is 4.99 Å². The minimum atomic E-state index is 0.312. The number of rotatable bonds is 7. The van der Waals surface area contributed by atoms with Crippen LogP contribution in [0.25, 0.3) is 0 Å². The highest BCUT2D eigenvalue weighted by molar-refractivity contribution is 7.13. The molecule has 0 amide bonds. The Morgan fingerprint density at radius 1 is 1.41 bits per heavy atom. The van der Waals surface area contributed by atoms with Crippen LogP contribution in [0, 0.1) is 0 Å². The predicted octanol–water partition coefficient (Wildman–Crippen LogP) is 2.33. The van der Waals surface area contributed by atoms with Gasteiger partial charge < -0.3 is 24.6 Å². The lowest BCUT2D eigenvalue weighted by Crippen LogP contribution is -2.47. The molecule has 0 radical (unpaired) electrons. The summed E-state index contributed by atoms with van der Waals surface area (Å²) in [4.78, 5) is 13.8. The second kappa shape index (κ2) is 10.2. The molecule has 3 heterocycles. The number of piperidine rings is 1. The molecule has 2 aliphatic rings. The summed E-state index contributed by atoms with van der Waals surface area (Å²) in [5.74, 6) is 0.981. The molecule has 0 spiro atoms. The summed E-state index contributed by atoms with van der Waals surface area (Å²) in [5.41, 5.74) is 1.02. The molecule has 1 unspecified atom stereocenters. The van der Waals surface area contributed by atoms with E-state index in [1.54, 1.807) is 11.3 Å². The summed E-state index contributed by atoms with van der Waals surface area (Å²) in [6.07, 6.45) is 5.05. The van der Waals surface area contributed by atoms with Crippen LogP contribution in [0.4, 0.5) is 5.13 Å². The summed E-state index contributed by atoms with van der Waals surface area (Å²) in [7, 11) is 4.03. The second-order valence-electron chi connectivity index (χ2n) is 7.34. The molecule has 2 saturated heterocycles. The van der Waals surface area contributed by atoms with Crippen molar-refractivity contribution in [3.05, 3.63) is 11.1 Å². The first-order chi connectivity index (χ1) is 13.2. The smallest absolute Gasteiger partial charge is 0.194 e. The van der Waals surface area contributed by atoms with Gasteiger partial charge in [-0.3, -0.25) is 0 Å². The molecule has 1 N–H and O–H groups in total. The van der Waals surface area contributed by atoms with E-state index in [0.29, 0.717) is 18.8 Å². The Morgan fingerprint density at radius 2 is 2.22 bits per heavy atom. The van der Waals surface area contributed by atoms with E-state index in [9.17, 15) is 0 Å². The average molecular weight is 396 g/mol. The second-order valence-corrected chi connectivity index (χ2v) is 8.18. The van der Waals surface area contributed by atoms with Crippen LogP contribution >= 0.6 is 11.3 Å². The Kier molecular flexibility index (Phi) is 7.72. The minimum absolute atomic E-state index is 0.312. The van der Waals surface area contributed by atoms with Crippen molar-refractivity contribution >= 4 is 22.4 Å². The molecule has 0 bridgehead atoms. The van der Waals surface area contributed by atoms with Crippen molar-refractivity contribution in [2.75, 3.05) is 51.8 Å². The summed E-state index contributed by atoms with van der Waals surface area (Å²) in [5, 5.41) is 6.54. The minimum Gasteiger partial charge on any atom is -0.376 e. The highest BCUT2D eigenvalue weighted by atomic mass is 32.1. The molecule has 7 nitrogen and oxygen atoms in total. The van der Waals surface area contributed by atoms with Gasteiger partial charge in [-0.25, -0.2) is 9.98 Å². The van der Waals surface area contributed by atoms with Crippen molar-refractivity contribution in [1.82, 2.24) is 15.2 Å². The predicted molar refractivity (Wildman–Crippen MR) is 111 cm³/mol. The van der Waals surface area contributed by atoms with E-state index in [-0.39, 0.29) is 0 Å². The van der Waals surface area contributed by atoms with Gasteiger partial charge in [0.1, 0.15) is 0 Å². The zero-order valence-corrected chi connectivity index (χ0v) is 17.6. The number of hydrogen-bond acceptors (Lipinski definition) is 6. The van der Waals surface area contributed by atoms with Crippen molar-refractivity contribution in [1.29, 1.82) is 0 Å². The van der Waals surface area contributed by atoms with Crippen LogP contribution in [0.3, 0.4) is 0 Å². The molecule has 152 valence electrons. The molecule has 2 fully saturated rings. The first-order valence-corrected chi connectivity index (χ1v) is 10.9. The number of nitrogens with one attached hydrogen (secondary N) is 1. The van der Waals surface area contributed by atoms with Crippen molar-refractivity contribution in [2.45, 2.75) is 51.4 Å². The molecule has 27 heavy (non-hydrogen) atoms. The largest absolute Gasteiger partial charge is 0.376 e. The molecule has 1 atom stereocenters. The Bertz CT molecular complexity index is 593. The molecule has 8 heteroatoms. The van der Waals surface area contributed by atoms with Crippen LogP contribution in [0.15, 0.2) is 10.4 Å². The molecule has 0 aliphatic carbocycles. The lowest BCUT2D eigenvalue weighted by molar-refractivity contribution is -0.0367. The molecular weight excluding hydrogens is 362 g/mol. The van der Waals surface area contributed by atoms with Gasteiger partial charge in [0.25, 0.3) is 0 Å². The number of anilines is 1. The van der Waals surface area contributed by atoms with Crippen LogP contribution in [-0.2, 0) is 16.0 Å². The third-order valence-corrected chi connectivity index (χ3v) is 5.99. The van der Waals surface area contributed by atoms with Crippen molar-refractivity contribution in [3.8, 4) is 0 Å². The van der Waals surface area contributed by atoms with E-state index in [1.165, 1.54) is 6.42 Å². The fourth-order valence-electron chi connectivity index (χ4n) is 3.41. The van der Waals surface area contributed by atoms with Crippen LogP contribution in [0.1, 0.15) is 38.3 Å². The van der Waals surface area contributed by atoms with Gasteiger partial charge in [-0.1, -0.05) is 0 Å². The number of likely N-dealkylation sites (tertiary alicyclic amines) is 1. The van der Waals surface area contributed by atoms with E-state index in [4.69, 9.17) is 14.5 Å². The number of aliphatic imine (C=N–C) groups is 1. The molecule has 1 aromatic rings. The molecule has 0 saturated carbocycles. The standard InChI is InChI=1S/C19H33N5O2S/c1-4-20-18(21-12-15-14-27-19(22-15)23(2)3)24-9-7-16(8-10-24)26-13-17-6-5-11-25-17/h14,16-17H,4-13H2,1-3H3,(H,20,21). The van der Waals surface area contributed by atoms with Gasteiger partial charge >= 0.3 is 0 Å². The number of nitrogens with zero attached hydrogens (tertiary/aromatic N) is 4. The maximum absolute atomic E-state index is 6.08. The molecule has 2 aliphatic heterocycles. The van der Waals surface area contributed by atoms with Crippen LogP contribution < -0.4 is 10.2 Å². The first-order valence-electron chi connectivity index (χ1n) is 10.0. The van der Waals surface area contributed by atoms with Gasteiger partial charge in [0, 0.05) is 45.7 Å². The highest BCUT2D eigenvalue weighted by Gasteiger charge is 2.24. The summed E-state index contributed by atoms with van der Waals surface area (Å²) in [6, 6.07) is 0. The average Bonchev–Trinajstić information content (AvgIpc) is 3.36. The topological polar surface area (TPSA) is 62.2 Å². The maximum Gasteiger partial charge on any atom is 0.194 e. The third kappa shape index (κ3) is 6.05. The van der Waals surface area contributed by atoms with Gasteiger partial charge in [-0.2, -0.15) is 0 Å². The van der Waals surface area contributed by atoms with Crippen LogP contribution in [0.5, 0.6) is 0 Å². The van der Waals surface area contributed by atoms with Gasteiger partial charge in [-0.15, -0.1) is 11.3 Å². The Balaban J connectivity index is 1.47. The molecular formula is C19H33N5O2S. The van der Waals surface area contributed by atoms with Gasteiger partial charge in [-0.05, 0) is 32.6 Å². The number of aromatic nitrogens is 1. The lowest BCUT2D eigenvalue weighted by atomic mass is 10.1. The van der Waals surface area contributed by atoms with Crippen LogP contribution in [-0.4, -0.2) is 75.0 Å². The normalized spacial score (nSPS) is 21.7. The van der Waals surface area contributed by atoms with E-state index in [1.807, 2.05) is 19.0 Å². The summed E-state index contributed by atoms with van der Waals surface area (Å²) in [6.45, 7) is 7.18. The highest BCUT2D eigenvalue weighted by Crippen LogP contribution is 2.20. The van der Waals surface area contributed by atoms with Gasteiger partial charge in [0.2, 0.25) is 0 Å². The van der Waals surface area contributed by atoms with Gasteiger partial charge in [0.05, 0.1) is 31.1 Å². The number of hydrogen-bond donors (Lipinski definition) is 1. The number of ether oxygens (including phenoxy) is 2. The zero-order chi connectivity index (χ0) is 19.1. The Hall–Kier alpha value is -1.38. The fraction of sp³-hybridized carbons (Fsp3) is 0.789. The number of thiazole rings is 1. The van der Waals surface area contributed by atoms with Crippen LogP contribution in [0.2, 0.25) is 0 Å². The number of guanidine groups is 1. The summed E-state index contributed by atoms with van der Waals surface area (Å²) < 4.78 is 11.7. The fourth-order valence-corrected chi connectivity index (χ4v) is 4.16. The van der Waals surface area contributed by atoms with E-state index in [0.717, 1.165) is 68.9 Å². The third-order valence-electron chi connectivity index (χ3n) is 4.93. The maximum atomic E-state index is 6.08. The first kappa shape index (κ1) is 20.4. The molecule has 1 aromatic heterocycles. The lowest BCUT2D eigenvalue weighted by Gasteiger charge is -2.34. The quantitative estimate of drug-likeness (QED) is 0.565. The van der Waals surface area contributed by atoms with E-state index in [2.05, 4.69) is 27.5 Å². The SMILES string of the molecule is CCNC(=NCc1csc(N(C)C)n1)N1CCC(OCC2CCCO2)CC1. The molecule has 3 rings (SSSR count). The summed E-state index contributed by atoms with van der Waals surface area (Å²) >= 11 is 1.66. The molecule has 0 aromatic carbocycles. The Morgan fingerprint density at radius 3 is 2.85 bits per heavy atom. The van der Waals surface area contributed by atoms with E-state index >= 15 is 0 Å². The Labute approximate surface area is 166 Å². The monoisotopic (exact) mass is 395 g/mol. The zero-order valence-electron chi connectivity index (χ0n) is 16.8. The van der Waals surface area contributed by atoms with Crippen molar-refractivity contribution < 1.29 is 9.47 Å². The van der Waals surface area contributed by atoms with Crippen molar-refractivity contribution in [3.63, 3.8) is 0 Å². The van der Waals surface area contributed by atoms with E-state index < -0.39 is 0 Å².